The lowest BCUT2D eigenvalue weighted by atomic mass is 9.95. The molecule has 0 spiro atoms. The number of pyridine rings is 1. The van der Waals surface area contributed by atoms with Crippen molar-refractivity contribution in [2.75, 3.05) is 13.1 Å². The molecule has 0 aromatic carbocycles. The van der Waals surface area contributed by atoms with Crippen LogP contribution in [0.4, 0.5) is 0 Å². The monoisotopic (exact) mass is 303 g/mol. The molecule has 2 atom stereocenters. The van der Waals surface area contributed by atoms with Crippen LogP contribution >= 0.6 is 0 Å². The number of fused-ring (bicyclic) bond motifs is 1. The summed E-state index contributed by atoms with van der Waals surface area (Å²) in [4.78, 5) is 24.2. The zero-order valence-electron chi connectivity index (χ0n) is 12.7. The minimum atomic E-state index is -0.210. The molecule has 7 heteroatoms. The van der Waals surface area contributed by atoms with E-state index in [4.69, 9.17) is 0 Å². The first-order valence-electron chi connectivity index (χ1n) is 7.69. The number of aryl methyl sites for hydroxylation is 1. The number of hydrogen-bond acceptors (Lipinski definition) is 4. The molecule has 2 unspecified atom stereocenters. The number of nitrogens with zero attached hydrogens (tertiary/aromatic N) is 3. The van der Waals surface area contributed by atoms with Crippen molar-refractivity contribution in [3.63, 3.8) is 0 Å². The second kappa shape index (κ2) is 6.31. The Labute approximate surface area is 128 Å². The second-order valence-electron chi connectivity index (χ2n) is 5.83. The fraction of sp³-hybridized carbons (Fsp3) is 0.533. The van der Waals surface area contributed by atoms with Gasteiger partial charge in [-0.25, -0.2) is 9.48 Å². The summed E-state index contributed by atoms with van der Waals surface area (Å²) in [6.45, 7) is 4.29. The van der Waals surface area contributed by atoms with Gasteiger partial charge in [0.15, 0.2) is 5.65 Å². The second-order valence-corrected chi connectivity index (χ2v) is 5.83. The molecule has 3 heterocycles. The molecule has 0 radical (unpaired) electrons. The number of nitrogens with one attached hydrogen (secondary N) is 2. The molecule has 1 aliphatic heterocycles. The first-order chi connectivity index (χ1) is 10.6. The number of amides is 1. The number of carbonyl (C=O) groups excluding carboxylic acids is 1. The molecule has 1 saturated heterocycles. The molecule has 1 aliphatic rings. The lowest BCUT2D eigenvalue weighted by molar-refractivity contribution is -0.122. The number of piperidine rings is 1. The zero-order chi connectivity index (χ0) is 15.5. The van der Waals surface area contributed by atoms with Crippen LogP contribution in [0.15, 0.2) is 29.2 Å². The SMILES string of the molecule is CC1CNCCC1NC(=O)CCn1nc2ccccn2c1=O. The van der Waals surface area contributed by atoms with Crippen molar-refractivity contribution < 1.29 is 4.79 Å². The molecule has 2 aromatic heterocycles. The van der Waals surface area contributed by atoms with Crippen molar-refractivity contribution in [1.82, 2.24) is 24.8 Å². The summed E-state index contributed by atoms with van der Waals surface area (Å²) in [6, 6.07) is 5.60. The molecule has 1 fully saturated rings. The lowest BCUT2D eigenvalue weighted by Gasteiger charge is -2.30. The van der Waals surface area contributed by atoms with Crippen LogP contribution in [0.25, 0.3) is 5.65 Å². The van der Waals surface area contributed by atoms with Gasteiger partial charge >= 0.3 is 5.69 Å². The lowest BCUT2D eigenvalue weighted by Crippen LogP contribution is -2.48. The topological polar surface area (TPSA) is 80.4 Å². The van der Waals surface area contributed by atoms with Crippen LogP contribution in [0.3, 0.4) is 0 Å². The summed E-state index contributed by atoms with van der Waals surface area (Å²) >= 11 is 0. The van der Waals surface area contributed by atoms with E-state index in [9.17, 15) is 9.59 Å². The molecule has 2 N–H and O–H groups in total. The molecule has 0 saturated carbocycles. The summed E-state index contributed by atoms with van der Waals surface area (Å²) in [5.74, 6) is 0.401. The van der Waals surface area contributed by atoms with Gasteiger partial charge in [-0.3, -0.25) is 9.20 Å². The molecule has 1 amide bonds. The van der Waals surface area contributed by atoms with Crippen molar-refractivity contribution in [1.29, 1.82) is 0 Å². The molecular weight excluding hydrogens is 282 g/mol. The molecule has 0 bridgehead atoms. The Hall–Kier alpha value is -2.15. The normalized spacial score (nSPS) is 21.9. The Kier molecular flexibility index (Phi) is 4.24. The molecule has 118 valence electrons. The van der Waals surface area contributed by atoms with Gasteiger partial charge in [0.05, 0.1) is 6.54 Å². The van der Waals surface area contributed by atoms with E-state index in [1.165, 1.54) is 9.08 Å². The number of rotatable bonds is 4. The Morgan fingerprint density at radius 3 is 3.14 bits per heavy atom. The van der Waals surface area contributed by atoms with E-state index in [0.29, 0.717) is 18.1 Å². The van der Waals surface area contributed by atoms with Gasteiger partial charge in [0.25, 0.3) is 0 Å². The van der Waals surface area contributed by atoms with Crippen molar-refractivity contribution in [3.8, 4) is 0 Å². The van der Waals surface area contributed by atoms with E-state index in [0.717, 1.165) is 19.5 Å². The predicted octanol–water partition coefficient (Wildman–Crippen LogP) is 0.000300. The molecule has 3 rings (SSSR count). The van der Waals surface area contributed by atoms with Crippen LogP contribution in [0.1, 0.15) is 19.8 Å². The van der Waals surface area contributed by atoms with E-state index in [2.05, 4.69) is 22.7 Å². The summed E-state index contributed by atoms with van der Waals surface area (Å²) in [6.07, 6.45) is 2.89. The van der Waals surface area contributed by atoms with Gasteiger partial charge in [0.1, 0.15) is 0 Å². The first-order valence-corrected chi connectivity index (χ1v) is 7.69. The maximum atomic E-state index is 12.1. The van der Waals surface area contributed by atoms with Crippen molar-refractivity contribution in [2.24, 2.45) is 5.92 Å². The highest BCUT2D eigenvalue weighted by atomic mass is 16.2. The van der Waals surface area contributed by atoms with Gasteiger partial charge < -0.3 is 10.6 Å². The summed E-state index contributed by atoms with van der Waals surface area (Å²) < 4.78 is 2.83. The standard InChI is InChI=1S/C15H21N5O2/c1-11-10-16-7-5-12(11)17-14(21)6-9-20-15(22)19-8-3-2-4-13(19)18-20/h2-4,8,11-12,16H,5-7,9-10H2,1H3,(H,17,21). The van der Waals surface area contributed by atoms with Gasteiger partial charge in [0, 0.05) is 18.7 Å². The fourth-order valence-electron chi connectivity index (χ4n) is 2.83. The zero-order valence-corrected chi connectivity index (χ0v) is 12.7. The third-order valence-electron chi connectivity index (χ3n) is 4.17. The highest BCUT2D eigenvalue weighted by molar-refractivity contribution is 5.76. The van der Waals surface area contributed by atoms with Crippen molar-refractivity contribution in [3.05, 3.63) is 34.9 Å². The van der Waals surface area contributed by atoms with Gasteiger partial charge in [-0.2, -0.15) is 0 Å². The minimum Gasteiger partial charge on any atom is -0.353 e. The van der Waals surface area contributed by atoms with Crippen LogP contribution in [0, 0.1) is 5.92 Å². The Morgan fingerprint density at radius 1 is 1.50 bits per heavy atom. The van der Waals surface area contributed by atoms with Crippen LogP contribution in [0.2, 0.25) is 0 Å². The van der Waals surface area contributed by atoms with E-state index in [-0.39, 0.29) is 24.1 Å². The third kappa shape index (κ3) is 3.04. The Balaban J connectivity index is 1.60. The average molecular weight is 303 g/mol. The predicted molar refractivity (Wildman–Crippen MR) is 82.7 cm³/mol. The van der Waals surface area contributed by atoms with Crippen LogP contribution in [0.5, 0.6) is 0 Å². The van der Waals surface area contributed by atoms with Gasteiger partial charge in [-0.15, -0.1) is 5.10 Å². The molecular formula is C15H21N5O2. The number of carbonyl (C=O) groups is 1. The van der Waals surface area contributed by atoms with E-state index in [1.807, 2.05) is 6.07 Å². The largest absolute Gasteiger partial charge is 0.353 e. The van der Waals surface area contributed by atoms with Crippen molar-refractivity contribution >= 4 is 11.6 Å². The van der Waals surface area contributed by atoms with Crippen LogP contribution in [-0.2, 0) is 11.3 Å². The summed E-state index contributed by atoms with van der Waals surface area (Å²) in [5.41, 5.74) is 0.388. The number of hydrogen-bond donors (Lipinski definition) is 2. The quantitative estimate of drug-likeness (QED) is 0.833. The summed E-state index contributed by atoms with van der Waals surface area (Å²) in [7, 11) is 0. The third-order valence-corrected chi connectivity index (χ3v) is 4.17. The molecule has 7 nitrogen and oxygen atoms in total. The molecule has 22 heavy (non-hydrogen) atoms. The number of aromatic nitrogens is 3. The average Bonchev–Trinajstić information content (AvgIpc) is 2.84. The highest BCUT2D eigenvalue weighted by Crippen LogP contribution is 2.10. The minimum absolute atomic E-state index is 0.0253. The Bertz CT molecular complexity index is 720. The van der Waals surface area contributed by atoms with E-state index >= 15 is 0 Å². The van der Waals surface area contributed by atoms with Crippen molar-refractivity contribution in [2.45, 2.75) is 32.4 Å². The maximum Gasteiger partial charge on any atom is 0.350 e. The van der Waals surface area contributed by atoms with E-state index in [1.54, 1.807) is 18.3 Å². The first kappa shape index (κ1) is 14.8. The fourth-order valence-corrected chi connectivity index (χ4v) is 2.83. The van der Waals surface area contributed by atoms with Gasteiger partial charge in [-0.1, -0.05) is 13.0 Å². The Morgan fingerprint density at radius 2 is 2.36 bits per heavy atom. The van der Waals surface area contributed by atoms with E-state index < -0.39 is 0 Å². The highest BCUT2D eigenvalue weighted by Gasteiger charge is 2.22. The molecule has 2 aromatic rings. The van der Waals surface area contributed by atoms with Crippen LogP contribution < -0.4 is 16.3 Å². The smallest absolute Gasteiger partial charge is 0.350 e. The maximum absolute atomic E-state index is 12.1. The van der Waals surface area contributed by atoms with Gasteiger partial charge in [-0.05, 0) is 37.6 Å². The van der Waals surface area contributed by atoms with Gasteiger partial charge in [0.2, 0.25) is 5.91 Å². The van der Waals surface area contributed by atoms with Crippen LogP contribution in [-0.4, -0.2) is 39.2 Å². The summed E-state index contributed by atoms with van der Waals surface area (Å²) in [5, 5.41) is 10.6. The molecule has 0 aliphatic carbocycles.